The van der Waals surface area contributed by atoms with Crippen molar-refractivity contribution >= 4 is 15.9 Å². The molecule has 1 unspecified atom stereocenters. The molecule has 0 saturated carbocycles. The summed E-state index contributed by atoms with van der Waals surface area (Å²) in [5.41, 5.74) is 8.25. The van der Waals surface area contributed by atoms with Gasteiger partial charge in [0.25, 0.3) is 0 Å². The highest BCUT2D eigenvalue weighted by Gasteiger charge is 2.22. The molecule has 1 aromatic carbocycles. The highest BCUT2D eigenvalue weighted by molar-refractivity contribution is 9.10. The van der Waals surface area contributed by atoms with Crippen LogP contribution in [0.1, 0.15) is 23.5 Å². The van der Waals surface area contributed by atoms with Crippen molar-refractivity contribution in [2.45, 2.75) is 19.3 Å². The van der Waals surface area contributed by atoms with Crippen molar-refractivity contribution in [1.82, 2.24) is 0 Å². The SMILES string of the molecule is Cc1cc(Br)c2c(c1)C(CN)CCO2. The predicted octanol–water partition coefficient (Wildman–Crippen LogP) is 2.58. The minimum Gasteiger partial charge on any atom is -0.492 e. The normalized spacial score (nSPS) is 20.1. The van der Waals surface area contributed by atoms with Gasteiger partial charge in [0, 0.05) is 11.5 Å². The summed E-state index contributed by atoms with van der Waals surface area (Å²) < 4.78 is 6.69. The first kappa shape index (κ1) is 9.99. The van der Waals surface area contributed by atoms with Gasteiger partial charge in [-0.25, -0.2) is 0 Å². The lowest BCUT2D eigenvalue weighted by Gasteiger charge is -2.26. The maximum absolute atomic E-state index is 5.75. The molecule has 0 bridgehead atoms. The maximum Gasteiger partial charge on any atom is 0.136 e. The Morgan fingerprint density at radius 3 is 3.07 bits per heavy atom. The summed E-state index contributed by atoms with van der Waals surface area (Å²) in [5.74, 6) is 1.44. The maximum atomic E-state index is 5.75. The molecule has 0 amide bonds. The third-order valence-corrected chi connectivity index (χ3v) is 3.24. The van der Waals surface area contributed by atoms with E-state index < -0.39 is 0 Å². The number of aryl methyl sites for hydroxylation is 1. The van der Waals surface area contributed by atoms with Crippen LogP contribution in [0.2, 0.25) is 0 Å². The lowest BCUT2D eigenvalue weighted by molar-refractivity contribution is 0.267. The van der Waals surface area contributed by atoms with E-state index in [9.17, 15) is 0 Å². The second kappa shape index (κ2) is 3.91. The summed E-state index contributed by atoms with van der Waals surface area (Å²) >= 11 is 3.52. The van der Waals surface area contributed by atoms with E-state index in [0.717, 1.165) is 23.2 Å². The van der Waals surface area contributed by atoms with Crippen LogP contribution in [0.5, 0.6) is 5.75 Å². The van der Waals surface area contributed by atoms with E-state index in [0.29, 0.717) is 12.5 Å². The second-order valence-electron chi connectivity index (χ2n) is 3.73. The molecule has 2 nitrogen and oxygen atoms in total. The molecule has 76 valence electrons. The molecule has 14 heavy (non-hydrogen) atoms. The zero-order valence-electron chi connectivity index (χ0n) is 8.22. The van der Waals surface area contributed by atoms with Crippen LogP contribution in [-0.2, 0) is 0 Å². The minimum atomic E-state index is 0.454. The van der Waals surface area contributed by atoms with Crippen LogP contribution >= 0.6 is 15.9 Å². The standard InChI is InChI=1S/C11H14BrNO/c1-7-4-9-8(6-13)2-3-14-11(9)10(12)5-7/h4-5,8H,2-3,6,13H2,1H3. The second-order valence-corrected chi connectivity index (χ2v) is 4.59. The monoisotopic (exact) mass is 255 g/mol. The largest absolute Gasteiger partial charge is 0.492 e. The Morgan fingerprint density at radius 1 is 1.57 bits per heavy atom. The smallest absolute Gasteiger partial charge is 0.136 e. The average molecular weight is 256 g/mol. The summed E-state index contributed by atoms with van der Waals surface area (Å²) in [7, 11) is 0. The fraction of sp³-hybridized carbons (Fsp3) is 0.455. The molecule has 2 rings (SSSR count). The van der Waals surface area contributed by atoms with Gasteiger partial charge >= 0.3 is 0 Å². The molecule has 2 N–H and O–H groups in total. The molecule has 1 aliphatic heterocycles. The van der Waals surface area contributed by atoms with Gasteiger partial charge in [-0.2, -0.15) is 0 Å². The van der Waals surface area contributed by atoms with E-state index in [1.54, 1.807) is 0 Å². The van der Waals surface area contributed by atoms with Crippen LogP contribution < -0.4 is 10.5 Å². The van der Waals surface area contributed by atoms with Crippen molar-refractivity contribution in [2.75, 3.05) is 13.2 Å². The summed E-state index contributed by atoms with van der Waals surface area (Å²) in [5, 5.41) is 0. The predicted molar refractivity (Wildman–Crippen MR) is 60.8 cm³/mol. The quantitative estimate of drug-likeness (QED) is 0.838. The number of rotatable bonds is 1. The van der Waals surface area contributed by atoms with Gasteiger partial charge < -0.3 is 10.5 Å². The average Bonchev–Trinajstić information content (AvgIpc) is 2.17. The number of ether oxygens (including phenoxy) is 1. The van der Waals surface area contributed by atoms with E-state index >= 15 is 0 Å². The third kappa shape index (κ3) is 1.66. The number of benzene rings is 1. The fourth-order valence-electron chi connectivity index (χ4n) is 1.91. The van der Waals surface area contributed by atoms with Gasteiger partial charge in [0.15, 0.2) is 0 Å². The van der Waals surface area contributed by atoms with Gasteiger partial charge in [0.05, 0.1) is 11.1 Å². The first-order chi connectivity index (χ1) is 6.72. The summed E-state index contributed by atoms with van der Waals surface area (Å²) in [6, 6.07) is 4.26. The Kier molecular flexibility index (Phi) is 2.79. The van der Waals surface area contributed by atoms with Crippen molar-refractivity contribution in [1.29, 1.82) is 0 Å². The number of nitrogens with two attached hydrogens (primary N) is 1. The third-order valence-electron chi connectivity index (χ3n) is 2.65. The molecule has 1 aliphatic rings. The Labute approximate surface area is 92.6 Å². The van der Waals surface area contributed by atoms with Crippen molar-refractivity contribution < 1.29 is 4.74 Å². The number of hydrogen-bond acceptors (Lipinski definition) is 2. The lowest BCUT2D eigenvalue weighted by Crippen LogP contribution is -2.21. The van der Waals surface area contributed by atoms with Crippen LogP contribution in [0.3, 0.4) is 0 Å². The van der Waals surface area contributed by atoms with Gasteiger partial charge in [-0.15, -0.1) is 0 Å². The van der Waals surface area contributed by atoms with E-state index in [2.05, 4.69) is 35.0 Å². The molecule has 0 saturated heterocycles. The van der Waals surface area contributed by atoms with Crippen LogP contribution in [-0.4, -0.2) is 13.2 Å². The summed E-state index contributed by atoms with van der Waals surface area (Å²) in [6.45, 7) is 3.57. The van der Waals surface area contributed by atoms with Crippen molar-refractivity contribution in [3.05, 3.63) is 27.7 Å². The van der Waals surface area contributed by atoms with E-state index in [4.69, 9.17) is 10.5 Å². The van der Waals surface area contributed by atoms with Crippen molar-refractivity contribution in [3.8, 4) is 5.75 Å². The molecule has 3 heteroatoms. The highest BCUT2D eigenvalue weighted by atomic mass is 79.9. The van der Waals surface area contributed by atoms with Crippen molar-refractivity contribution in [2.24, 2.45) is 5.73 Å². The van der Waals surface area contributed by atoms with Gasteiger partial charge in [0.1, 0.15) is 5.75 Å². The highest BCUT2D eigenvalue weighted by Crippen LogP contribution is 2.39. The van der Waals surface area contributed by atoms with Crippen LogP contribution in [0.15, 0.2) is 16.6 Å². The van der Waals surface area contributed by atoms with Gasteiger partial charge in [-0.05, 0) is 47.4 Å². The van der Waals surface area contributed by atoms with Crippen LogP contribution in [0, 0.1) is 6.92 Å². The van der Waals surface area contributed by atoms with Crippen LogP contribution in [0.25, 0.3) is 0 Å². The summed E-state index contributed by atoms with van der Waals surface area (Å²) in [4.78, 5) is 0. The Balaban J connectivity index is 2.51. The first-order valence-corrected chi connectivity index (χ1v) is 5.64. The van der Waals surface area contributed by atoms with E-state index in [-0.39, 0.29) is 0 Å². The lowest BCUT2D eigenvalue weighted by atomic mass is 9.92. The van der Waals surface area contributed by atoms with Crippen molar-refractivity contribution in [3.63, 3.8) is 0 Å². The Morgan fingerprint density at radius 2 is 2.36 bits per heavy atom. The topological polar surface area (TPSA) is 35.2 Å². The first-order valence-electron chi connectivity index (χ1n) is 4.85. The summed E-state index contributed by atoms with van der Waals surface area (Å²) in [6.07, 6.45) is 1.03. The molecule has 0 spiro atoms. The molecule has 0 aliphatic carbocycles. The zero-order valence-corrected chi connectivity index (χ0v) is 9.80. The minimum absolute atomic E-state index is 0.454. The molecule has 0 radical (unpaired) electrons. The molecule has 1 heterocycles. The zero-order chi connectivity index (χ0) is 10.1. The molecule has 0 fully saturated rings. The van der Waals surface area contributed by atoms with E-state index in [1.807, 2.05) is 0 Å². The number of hydrogen-bond donors (Lipinski definition) is 1. The Bertz CT molecular complexity index is 351. The fourth-order valence-corrected chi connectivity index (χ4v) is 2.62. The molecular weight excluding hydrogens is 242 g/mol. The molecular formula is C11H14BrNO. The molecule has 0 aromatic heterocycles. The Hall–Kier alpha value is -0.540. The van der Waals surface area contributed by atoms with Gasteiger partial charge in [-0.1, -0.05) is 6.07 Å². The molecule has 1 aromatic rings. The number of fused-ring (bicyclic) bond motifs is 1. The molecule has 1 atom stereocenters. The van der Waals surface area contributed by atoms with Gasteiger partial charge in [-0.3, -0.25) is 0 Å². The van der Waals surface area contributed by atoms with Gasteiger partial charge in [0.2, 0.25) is 0 Å². The van der Waals surface area contributed by atoms with E-state index in [1.165, 1.54) is 11.1 Å². The van der Waals surface area contributed by atoms with Crippen LogP contribution in [0.4, 0.5) is 0 Å². The number of halogens is 1.